The highest BCUT2D eigenvalue weighted by Crippen LogP contribution is 2.66. The molecule has 0 spiro atoms. The van der Waals surface area contributed by atoms with Gasteiger partial charge in [-0.1, -0.05) is 20.3 Å². The minimum Gasteiger partial charge on any atom is -0.378 e. The third-order valence-electron chi connectivity index (χ3n) is 8.54. The Morgan fingerprint density at radius 1 is 0.938 bits per heavy atom. The molecule has 4 bridgehead atoms. The second-order valence-corrected chi connectivity index (χ2v) is 12.2. The summed E-state index contributed by atoms with van der Waals surface area (Å²) in [6.45, 7) is 5.60. The van der Waals surface area contributed by atoms with Crippen LogP contribution in [0.4, 0.5) is 4.79 Å². The lowest BCUT2D eigenvalue weighted by atomic mass is 9.43. The van der Waals surface area contributed by atoms with Crippen LogP contribution in [0.15, 0.2) is 0 Å². The van der Waals surface area contributed by atoms with E-state index in [1.165, 1.54) is 19.3 Å². The first-order chi connectivity index (χ1) is 15.2. The van der Waals surface area contributed by atoms with Gasteiger partial charge in [0.2, 0.25) is 5.91 Å². The molecule has 0 unspecified atom stereocenters. The molecule has 0 aromatic rings. The molecule has 5 saturated carbocycles. The highest BCUT2D eigenvalue weighted by atomic mass is 16.5. The molecule has 0 heterocycles. The van der Waals surface area contributed by atoms with Gasteiger partial charge < -0.3 is 15.4 Å². The van der Waals surface area contributed by atoms with Gasteiger partial charge in [-0.15, -0.1) is 0 Å². The number of carbonyl (C=O) groups excluding carboxylic acids is 2. The van der Waals surface area contributed by atoms with Crippen LogP contribution in [0.3, 0.4) is 0 Å². The summed E-state index contributed by atoms with van der Waals surface area (Å²) >= 11 is 0. The molecule has 4 N–H and O–H groups in total. The van der Waals surface area contributed by atoms with E-state index in [-0.39, 0.29) is 29.6 Å². The molecule has 182 valence electrons. The normalized spacial score (nSPS) is 40.2. The van der Waals surface area contributed by atoms with Crippen molar-refractivity contribution in [3.8, 4) is 0 Å². The zero-order valence-corrected chi connectivity index (χ0v) is 20.0. The standard InChI is InChI=1S/C25H43N3O4/c1-23-12-18-13-24(2,15-23)17-25(14-18,16-23)27-22(30)26-19-7-9-20(10-8-19)32-11-5-3-4-6-21(29)28-31/h18-20,31H,3-17H2,1-2H3,(H,28,29)(H2,26,27,30)/t18?,19?,20?,23-,24-,25?/m1/s1. The fourth-order valence-corrected chi connectivity index (χ4v) is 8.29. The molecule has 7 nitrogen and oxygen atoms in total. The van der Waals surface area contributed by atoms with Gasteiger partial charge in [0.15, 0.2) is 0 Å². The zero-order chi connectivity index (χ0) is 22.8. The minimum absolute atomic E-state index is 0.00512. The SMILES string of the molecule is C[C@]12CC3CC(NC(=O)NC4CCC(OCCCCCC(=O)NO)CC4)(C1)C[C@](C)(C3)C2. The maximum Gasteiger partial charge on any atom is 0.315 e. The maximum absolute atomic E-state index is 12.9. The third-order valence-corrected chi connectivity index (χ3v) is 8.54. The van der Waals surface area contributed by atoms with Crippen LogP contribution in [0.1, 0.15) is 104 Å². The van der Waals surface area contributed by atoms with Gasteiger partial charge in [0.1, 0.15) is 0 Å². The van der Waals surface area contributed by atoms with Crippen LogP contribution in [-0.2, 0) is 9.53 Å². The highest BCUT2D eigenvalue weighted by Gasteiger charge is 2.60. The molecule has 7 heteroatoms. The molecule has 5 fully saturated rings. The van der Waals surface area contributed by atoms with Gasteiger partial charge in [-0.05, 0) is 93.8 Å². The number of ether oxygens (including phenoxy) is 1. The van der Waals surface area contributed by atoms with Crippen molar-refractivity contribution in [2.24, 2.45) is 16.7 Å². The van der Waals surface area contributed by atoms with Crippen molar-refractivity contribution in [1.82, 2.24) is 16.1 Å². The first-order valence-electron chi connectivity index (χ1n) is 12.8. The molecule has 0 aromatic heterocycles. The summed E-state index contributed by atoms with van der Waals surface area (Å²) in [6, 6.07) is 0.280. The number of urea groups is 1. The quantitative estimate of drug-likeness (QED) is 0.238. The van der Waals surface area contributed by atoms with E-state index in [9.17, 15) is 9.59 Å². The number of unbranched alkanes of at least 4 members (excludes halogenated alkanes) is 2. The predicted molar refractivity (Wildman–Crippen MR) is 122 cm³/mol. The lowest BCUT2D eigenvalue weighted by Crippen LogP contribution is -2.66. The lowest BCUT2D eigenvalue weighted by molar-refractivity contribution is -0.129. The van der Waals surface area contributed by atoms with Crippen LogP contribution in [0.25, 0.3) is 0 Å². The first kappa shape index (κ1) is 23.8. The van der Waals surface area contributed by atoms with Gasteiger partial charge in [0.05, 0.1) is 6.10 Å². The van der Waals surface area contributed by atoms with E-state index in [1.807, 2.05) is 0 Å². The highest BCUT2D eigenvalue weighted by molar-refractivity contribution is 5.75. The summed E-state index contributed by atoms with van der Waals surface area (Å²) in [7, 11) is 0. The third kappa shape index (κ3) is 5.77. The number of amides is 3. The van der Waals surface area contributed by atoms with Crippen LogP contribution in [0.5, 0.6) is 0 Å². The van der Waals surface area contributed by atoms with E-state index < -0.39 is 0 Å². The summed E-state index contributed by atoms with van der Waals surface area (Å²) < 4.78 is 6.00. The van der Waals surface area contributed by atoms with Crippen LogP contribution >= 0.6 is 0 Å². The van der Waals surface area contributed by atoms with E-state index >= 15 is 0 Å². The van der Waals surface area contributed by atoms with Crippen molar-refractivity contribution in [2.75, 3.05) is 6.61 Å². The Balaban J connectivity index is 1.13. The first-order valence-corrected chi connectivity index (χ1v) is 12.8. The minimum atomic E-state index is -0.327. The van der Waals surface area contributed by atoms with Crippen molar-refractivity contribution in [1.29, 1.82) is 0 Å². The van der Waals surface area contributed by atoms with Gasteiger partial charge in [-0.3, -0.25) is 10.0 Å². The zero-order valence-electron chi connectivity index (χ0n) is 20.0. The summed E-state index contributed by atoms with van der Waals surface area (Å²) in [6.07, 6.45) is 14.6. The van der Waals surface area contributed by atoms with Crippen molar-refractivity contribution in [3.63, 3.8) is 0 Å². The number of hydrogen-bond acceptors (Lipinski definition) is 4. The number of hydroxylamine groups is 1. The van der Waals surface area contributed by atoms with Crippen molar-refractivity contribution < 1.29 is 19.5 Å². The topological polar surface area (TPSA) is 99.7 Å². The van der Waals surface area contributed by atoms with Gasteiger partial charge in [-0.25, -0.2) is 10.3 Å². The number of nitrogens with one attached hydrogen (secondary N) is 3. The Morgan fingerprint density at radius 2 is 1.62 bits per heavy atom. The fourth-order valence-electron chi connectivity index (χ4n) is 8.29. The molecule has 0 aliphatic heterocycles. The van der Waals surface area contributed by atoms with Crippen LogP contribution in [-0.4, -0.2) is 41.4 Å². The molecule has 3 amide bonds. The van der Waals surface area contributed by atoms with Gasteiger partial charge >= 0.3 is 6.03 Å². The number of hydrogen-bond donors (Lipinski definition) is 4. The molecular formula is C25H43N3O4. The molecular weight excluding hydrogens is 406 g/mol. The lowest BCUT2D eigenvalue weighted by Gasteiger charge is -2.65. The summed E-state index contributed by atoms with van der Waals surface area (Å²) in [4.78, 5) is 23.9. The fraction of sp³-hybridized carbons (Fsp3) is 0.920. The molecule has 0 saturated heterocycles. The van der Waals surface area contributed by atoms with E-state index in [4.69, 9.17) is 9.94 Å². The molecule has 0 aromatic carbocycles. The molecule has 32 heavy (non-hydrogen) atoms. The average molecular weight is 450 g/mol. The largest absolute Gasteiger partial charge is 0.378 e. The van der Waals surface area contributed by atoms with Crippen LogP contribution < -0.4 is 16.1 Å². The molecule has 0 radical (unpaired) electrons. The van der Waals surface area contributed by atoms with Crippen molar-refractivity contribution in [3.05, 3.63) is 0 Å². The van der Waals surface area contributed by atoms with E-state index in [0.717, 1.165) is 70.1 Å². The molecule has 5 aliphatic rings. The van der Waals surface area contributed by atoms with Crippen LogP contribution in [0, 0.1) is 16.7 Å². The Bertz CT molecular complexity index is 673. The monoisotopic (exact) mass is 449 g/mol. The summed E-state index contributed by atoms with van der Waals surface area (Å²) in [5, 5.41) is 15.2. The predicted octanol–water partition coefficient (Wildman–Crippen LogP) is 4.43. The van der Waals surface area contributed by atoms with Crippen LogP contribution in [0.2, 0.25) is 0 Å². The van der Waals surface area contributed by atoms with Gasteiger partial charge in [-0.2, -0.15) is 0 Å². The smallest absolute Gasteiger partial charge is 0.315 e. The van der Waals surface area contributed by atoms with Crippen molar-refractivity contribution >= 4 is 11.9 Å². The number of rotatable bonds is 9. The Hall–Kier alpha value is -1.34. The summed E-state index contributed by atoms with van der Waals surface area (Å²) in [5.74, 6) is 0.452. The Kier molecular flexibility index (Phi) is 7.06. The van der Waals surface area contributed by atoms with Gasteiger partial charge in [0, 0.05) is 24.6 Å². The Labute approximate surface area is 192 Å². The van der Waals surface area contributed by atoms with E-state index in [0.29, 0.717) is 23.9 Å². The molecule has 5 aliphatic carbocycles. The maximum atomic E-state index is 12.9. The van der Waals surface area contributed by atoms with E-state index in [1.54, 1.807) is 5.48 Å². The molecule has 5 rings (SSSR count). The number of carbonyl (C=O) groups is 2. The Morgan fingerprint density at radius 3 is 2.25 bits per heavy atom. The van der Waals surface area contributed by atoms with E-state index in [2.05, 4.69) is 24.5 Å². The van der Waals surface area contributed by atoms with Gasteiger partial charge in [0.25, 0.3) is 0 Å². The average Bonchev–Trinajstić information content (AvgIpc) is 2.68. The summed E-state index contributed by atoms with van der Waals surface area (Å²) in [5.41, 5.74) is 2.48. The molecule has 2 atom stereocenters. The second-order valence-electron chi connectivity index (χ2n) is 12.2. The second kappa shape index (κ2) is 9.49. The van der Waals surface area contributed by atoms with Crippen molar-refractivity contribution in [2.45, 2.75) is 121 Å².